The average Bonchev–Trinajstić information content (AvgIpc) is 2.70. The molecule has 1 N–H and O–H groups in total. The smallest absolute Gasteiger partial charge is 0.0700 e. The maximum atomic E-state index is 5.65. The zero-order chi connectivity index (χ0) is 10.7. The fraction of sp³-hybridized carbons (Fsp3) is 1.00. The van der Waals surface area contributed by atoms with E-state index in [-0.39, 0.29) is 0 Å². The maximum Gasteiger partial charge on any atom is 0.0700 e. The summed E-state index contributed by atoms with van der Waals surface area (Å²) in [6.45, 7) is 6.83. The van der Waals surface area contributed by atoms with E-state index >= 15 is 0 Å². The van der Waals surface area contributed by atoms with E-state index < -0.39 is 0 Å². The van der Waals surface area contributed by atoms with Crippen molar-refractivity contribution in [1.82, 2.24) is 5.32 Å². The third-order valence-corrected chi connectivity index (χ3v) is 4.15. The van der Waals surface area contributed by atoms with Crippen molar-refractivity contribution in [3.8, 4) is 0 Å². The molecular weight excluding hydrogens is 186 g/mol. The van der Waals surface area contributed by atoms with Crippen LogP contribution in [-0.4, -0.2) is 25.3 Å². The maximum absolute atomic E-state index is 5.65. The van der Waals surface area contributed by atoms with E-state index in [0.29, 0.717) is 6.10 Å². The molecule has 2 fully saturated rings. The predicted octanol–water partition coefficient (Wildman–Crippen LogP) is 2.58. The standard InChI is InChI=1S/C13H25NO/c1-10-5-3-6-11(2)13(10)14-9-12-7-4-8-15-12/h10-14H,3-9H2,1-2H3/t10-,11-,12-/m1/s1. The van der Waals surface area contributed by atoms with Gasteiger partial charge in [-0.1, -0.05) is 20.3 Å². The molecule has 0 aromatic heterocycles. The van der Waals surface area contributed by atoms with Crippen LogP contribution in [0.1, 0.15) is 46.0 Å². The molecule has 0 aromatic carbocycles. The van der Waals surface area contributed by atoms with Crippen LogP contribution in [-0.2, 0) is 4.74 Å². The first-order valence-electron chi connectivity index (χ1n) is 6.62. The quantitative estimate of drug-likeness (QED) is 0.774. The molecule has 1 saturated carbocycles. The average molecular weight is 211 g/mol. The summed E-state index contributed by atoms with van der Waals surface area (Å²) in [5.41, 5.74) is 0. The summed E-state index contributed by atoms with van der Waals surface area (Å²) >= 11 is 0. The van der Waals surface area contributed by atoms with Crippen molar-refractivity contribution in [2.45, 2.75) is 58.1 Å². The normalized spacial score (nSPS) is 38.4. The third kappa shape index (κ3) is 2.94. The van der Waals surface area contributed by atoms with Gasteiger partial charge >= 0.3 is 0 Å². The summed E-state index contributed by atoms with van der Waals surface area (Å²) < 4.78 is 5.65. The van der Waals surface area contributed by atoms with E-state index in [1.807, 2.05) is 0 Å². The molecule has 0 aromatic rings. The second kappa shape index (κ2) is 5.31. The van der Waals surface area contributed by atoms with Crippen LogP contribution < -0.4 is 5.32 Å². The fourth-order valence-electron chi connectivity index (χ4n) is 3.16. The van der Waals surface area contributed by atoms with Crippen LogP contribution >= 0.6 is 0 Å². The Morgan fingerprint density at radius 1 is 1.07 bits per heavy atom. The van der Waals surface area contributed by atoms with Gasteiger partial charge in [0.2, 0.25) is 0 Å². The lowest BCUT2D eigenvalue weighted by atomic mass is 9.78. The molecule has 15 heavy (non-hydrogen) atoms. The monoisotopic (exact) mass is 211 g/mol. The highest BCUT2D eigenvalue weighted by Crippen LogP contribution is 2.28. The number of rotatable bonds is 3. The second-order valence-electron chi connectivity index (χ2n) is 5.45. The van der Waals surface area contributed by atoms with E-state index in [9.17, 15) is 0 Å². The van der Waals surface area contributed by atoms with Gasteiger partial charge in [-0.2, -0.15) is 0 Å². The van der Waals surface area contributed by atoms with E-state index in [1.165, 1.54) is 32.1 Å². The van der Waals surface area contributed by atoms with Gasteiger partial charge in [-0.25, -0.2) is 0 Å². The van der Waals surface area contributed by atoms with Gasteiger partial charge in [0.05, 0.1) is 6.10 Å². The Morgan fingerprint density at radius 3 is 2.40 bits per heavy atom. The Bertz CT molecular complexity index is 179. The molecule has 1 aliphatic carbocycles. The van der Waals surface area contributed by atoms with Crippen molar-refractivity contribution in [2.24, 2.45) is 11.8 Å². The SMILES string of the molecule is C[C@@H]1CCC[C@@H](C)C1NC[C@H]1CCCO1. The lowest BCUT2D eigenvalue weighted by Crippen LogP contribution is -2.45. The fourth-order valence-corrected chi connectivity index (χ4v) is 3.16. The molecule has 1 aliphatic heterocycles. The van der Waals surface area contributed by atoms with Gasteiger partial charge in [-0.05, 0) is 37.5 Å². The molecular formula is C13H25NO. The summed E-state index contributed by atoms with van der Waals surface area (Å²) in [4.78, 5) is 0. The molecule has 1 saturated heterocycles. The van der Waals surface area contributed by atoms with Gasteiger partial charge in [0, 0.05) is 19.2 Å². The molecule has 0 bridgehead atoms. The second-order valence-corrected chi connectivity index (χ2v) is 5.45. The highest BCUT2D eigenvalue weighted by molar-refractivity contribution is 4.84. The number of ether oxygens (including phenoxy) is 1. The van der Waals surface area contributed by atoms with E-state index in [2.05, 4.69) is 19.2 Å². The molecule has 2 heteroatoms. The highest BCUT2D eigenvalue weighted by atomic mass is 16.5. The van der Waals surface area contributed by atoms with E-state index in [1.54, 1.807) is 0 Å². The minimum absolute atomic E-state index is 0.492. The summed E-state index contributed by atoms with van der Waals surface area (Å²) in [7, 11) is 0. The summed E-state index contributed by atoms with van der Waals surface area (Å²) in [6, 6.07) is 0.725. The zero-order valence-electron chi connectivity index (χ0n) is 10.2. The number of hydrogen-bond acceptors (Lipinski definition) is 2. The van der Waals surface area contributed by atoms with Crippen LogP contribution in [0.15, 0.2) is 0 Å². The van der Waals surface area contributed by atoms with E-state index in [4.69, 9.17) is 4.74 Å². The van der Waals surface area contributed by atoms with Gasteiger partial charge in [-0.3, -0.25) is 0 Å². The van der Waals surface area contributed by atoms with Gasteiger partial charge in [0.15, 0.2) is 0 Å². The molecule has 1 heterocycles. The molecule has 88 valence electrons. The van der Waals surface area contributed by atoms with Crippen LogP contribution in [0.3, 0.4) is 0 Å². The molecule has 3 atom stereocenters. The molecule has 0 radical (unpaired) electrons. The van der Waals surface area contributed by atoms with Gasteiger partial charge in [0.25, 0.3) is 0 Å². The molecule has 2 rings (SSSR count). The van der Waals surface area contributed by atoms with Crippen molar-refractivity contribution in [1.29, 1.82) is 0 Å². The first-order valence-corrected chi connectivity index (χ1v) is 6.62. The molecule has 2 nitrogen and oxygen atoms in total. The summed E-state index contributed by atoms with van der Waals surface area (Å²) in [5.74, 6) is 1.69. The van der Waals surface area contributed by atoms with Crippen molar-refractivity contribution in [3.05, 3.63) is 0 Å². The number of nitrogens with one attached hydrogen (secondary N) is 1. The summed E-state index contributed by atoms with van der Waals surface area (Å²) in [6.07, 6.45) is 7.21. The lowest BCUT2D eigenvalue weighted by Gasteiger charge is -2.36. The topological polar surface area (TPSA) is 21.3 Å². The molecule has 0 amide bonds. The molecule has 2 aliphatic rings. The number of hydrogen-bond donors (Lipinski definition) is 1. The largest absolute Gasteiger partial charge is 0.377 e. The van der Waals surface area contributed by atoms with Crippen LogP contribution in [0, 0.1) is 11.8 Å². The zero-order valence-corrected chi connectivity index (χ0v) is 10.2. The van der Waals surface area contributed by atoms with Crippen molar-refractivity contribution < 1.29 is 4.74 Å². The minimum atomic E-state index is 0.492. The summed E-state index contributed by atoms with van der Waals surface area (Å²) in [5, 5.41) is 3.74. The van der Waals surface area contributed by atoms with Gasteiger partial charge < -0.3 is 10.1 Å². The Hall–Kier alpha value is -0.0800. The predicted molar refractivity (Wildman–Crippen MR) is 62.9 cm³/mol. The van der Waals surface area contributed by atoms with Crippen molar-refractivity contribution in [2.75, 3.05) is 13.2 Å². The Morgan fingerprint density at radius 2 is 1.80 bits per heavy atom. The first-order chi connectivity index (χ1) is 7.27. The molecule has 0 spiro atoms. The Balaban J connectivity index is 1.75. The van der Waals surface area contributed by atoms with Crippen LogP contribution in [0.25, 0.3) is 0 Å². The van der Waals surface area contributed by atoms with Crippen LogP contribution in [0.5, 0.6) is 0 Å². The van der Waals surface area contributed by atoms with Gasteiger partial charge in [0.1, 0.15) is 0 Å². The lowest BCUT2D eigenvalue weighted by molar-refractivity contribution is 0.0968. The van der Waals surface area contributed by atoms with Crippen LogP contribution in [0.2, 0.25) is 0 Å². The van der Waals surface area contributed by atoms with Crippen molar-refractivity contribution in [3.63, 3.8) is 0 Å². The van der Waals surface area contributed by atoms with Crippen molar-refractivity contribution >= 4 is 0 Å². The first kappa shape index (κ1) is 11.4. The minimum Gasteiger partial charge on any atom is -0.377 e. The van der Waals surface area contributed by atoms with E-state index in [0.717, 1.165) is 31.0 Å². The highest BCUT2D eigenvalue weighted by Gasteiger charge is 2.28. The van der Waals surface area contributed by atoms with Gasteiger partial charge in [-0.15, -0.1) is 0 Å². The van der Waals surface area contributed by atoms with Crippen LogP contribution in [0.4, 0.5) is 0 Å². The Labute approximate surface area is 93.8 Å². The third-order valence-electron chi connectivity index (χ3n) is 4.15. The molecule has 0 unspecified atom stereocenters. The Kier molecular flexibility index (Phi) is 4.04.